The molecule has 0 radical (unpaired) electrons. The van der Waals surface area contributed by atoms with Crippen molar-refractivity contribution >= 4 is 11.7 Å². The number of nitrogens with one attached hydrogen (secondary N) is 1. The van der Waals surface area contributed by atoms with Crippen LogP contribution in [-0.4, -0.2) is 27.9 Å². The van der Waals surface area contributed by atoms with Gasteiger partial charge in [-0.15, -0.1) is 0 Å². The van der Waals surface area contributed by atoms with E-state index >= 15 is 0 Å². The molecule has 2 saturated carbocycles. The Morgan fingerprint density at radius 1 is 1.07 bits per heavy atom. The molecule has 154 valence electrons. The molecule has 2 aliphatic carbocycles. The lowest BCUT2D eigenvalue weighted by molar-refractivity contribution is -0.125. The van der Waals surface area contributed by atoms with Crippen molar-refractivity contribution in [1.82, 2.24) is 5.32 Å². The maximum absolute atomic E-state index is 13.7. The van der Waals surface area contributed by atoms with Crippen LogP contribution in [0, 0.1) is 28.6 Å². The minimum Gasteiger partial charge on any atom is -0.508 e. The fraction of sp³-hybridized carbons (Fsp3) is 0.652. The molecule has 2 fully saturated rings. The number of carbonyl (C=O) groups excluding carboxylic acids is 2. The molecular formula is C23H33NO4. The number of fused-ring (bicyclic) bond motifs is 1. The average Bonchev–Trinajstić information content (AvgIpc) is 2.54. The summed E-state index contributed by atoms with van der Waals surface area (Å²) in [5.74, 6) is -0.373. The molecule has 1 aromatic rings. The largest absolute Gasteiger partial charge is 0.508 e. The zero-order chi connectivity index (χ0) is 20.9. The molecule has 0 saturated heterocycles. The average molecular weight is 388 g/mol. The van der Waals surface area contributed by atoms with Gasteiger partial charge in [0.2, 0.25) is 5.91 Å². The van der Waals surface area contributed by atoms with Crippen LogP contribution in [-0.2, 0) is 4.79 Å². The van der Waals surface area contributed by atoms with Crippen molar-refractivity contribution in [2.24, 2.45) is 28.6 Å². The number of phenols is 2. The van der Waals surface area contributed by atoms with E-state index in [1.807, 2.05) is 0 Å². The lowest BCUT2D eigenvalue weighted by atomic mass is 9.45. The van der Waals surface area contributed by atoms with Gasteiger partial charge >= 0.3 is 0 Å². The van der Waals surface area contributed by atoms with E-state index in [0.717, 1.165) is 25.7 Å². The Labute approximate surface area is 167 Å². The Hall–Kier alpha value is -2.04. The maximum Gasteiger partial charge on any atom is 0.217 e. The molecule has 0 bridgehead atoms. The van der Waals surface area contributed by atoms with Gasteiger partial charge in [0.05, 0.1) is 0 Å². The molecule has 0 aromatic heterocycles. The quantitative estimate of drug-likeness (QED) is 0.676. The van der Waals surface area contributed by atoms with Crippen molar-refractivity contribution in [3.63, 3.8) is 0 Å². The van der Waals surface area contributed by atoms with E-state index in [0.29, 0.717) is 11.5 Å². The highest BCUT2D eigenvalue weighted by molar-refractivity contribution is 5.99. The van der Waals surface area contributed by atoms with Crippen LogP contribution in [0.1, 0.15) is 70.7 Å². The van der Waals surface area contributed by atoms with Crippen LogP contribution in [0.3, 0.4) is 0 Å². The number of rotatable bonds is 3. The van der Waals surface area contributed by atoms with E-state index in [9.17, 15) is 19.8 Å². The smallest absolute Gasteiger partial charge is 0.217 e. The molecule has 0 aliphatic heterocycles. The SMILES string of the molecule is CC(=O)NC1CC2C(C)(C)CCCC2(C)C(C(=O)c2cc(O)cc(O)c2)C1C. The van der Waals surface area contributed by atoms with Gasteiger partial charge in [0, 0.05) is 30.5 Å². The number of benzene rings is 1. The number of carbonyl (C=O) groups is 2. The number of aromatic hydroxyl groups is 2. The summed E-state index contributed by atoms with van der Waals surface area (Å²) in [7, 11) is 0. The number of hydrogen-bond acceptors (Lipinski definition) is 4. The van der Waals surface area contributed by atoms with Crippen LogP contribution in [0.25, 0.3) is 0 Å². The predicted octanol–water partition coefficient (Wildman–Crippen LogP) is 4.27. The Kier molecular flexibility index (Phi) is 5.24. The molecule has 28 heavy (non-hydrogen) atoms. The van der Waals surface area contributed by atoms with Gasteiger partial charge in [-0.3, -0.25) is 9.59 Å². The molecule has 5 heteroatoms. The molecule has 5 nitrogen and oxygen atoms in total. The van der Waals surface area contributed by atoms with E-state index < -0.39 is 0 Å². The third kappa shape index (κ3) is 3.51. The zero-order valence-corrected chi connectivity index (χ0v) is 17.6. The summed E-state index contributed by atoms with van der Waals surface area (Å²) in [5.41, 5.74) is 0.235. The van der Waals surface area contributed by atoms with Crippen molar-refractivity contribution in [2.75, 3.05) is 0 Å². The Balaban J connectivity index is 2.08. The molecule has 0 spiro atoms. The molecule has 0 heterocycles. The minimum atomic E-state index is -0.288. The lowest BCUT2D eigenvalue weighted by Crippen LogP contribution is -2.60. The molecule has 5 unspecified atom stereocenters. The molecule has 3 N–H and O–H groups in total. The second-order valence-corrected chi connectivity index (χ2v) is 9.88. The van der Waals surface area contributed by atoms with Crippen LogP contribution in [0.2, 0.25) is 0 Å². The van der Waals surface area contributed by atoms with Crippen molar-refractivity contribution in [2.45, 2.75) is 66.3 Å². The van der Waals surface area contributed by atoms with Crippen molar-refractivity contribution in [1.29, 1.82) is 0 Å². The van der Waals surface area contributed by atoms with Gasteiger partial charge < -0.3 is 15.5 Å². The van der Waals surface area contributed by atoms with E-state index in [1.165, 1.54) is 25.1 Å². The monoisotopic (exact) mass is 387 g/mol. The van der Waals surface area contributed by atoms with Gasteiger partial charge in [-0.05, 0) is 54.1 Å². The standard InChI is InChI=1S/C23H33NO4/c1-13-18(24-14(2)25)12-19-22(3,4)7-6-8-23(19,5)20(13)21(28)15-9-16(26)11-17(27)10-15/h9-11,13,18-20,26-27H,6-8,12H2,1-5H3,(H,24,25). The first kappa shape index (κ1) is 20.7. The zero-order valence-electron chi connectivity index (χ0n) is 17.6. The van der Waals surface area contributed by atoms with E-state index in [4.69, 9.17) is 0 Å². The van der Waals surface area contributed by atoms with Gasteiger partial charge in [-0.1, -0.05) is 34.1 Å². The van der Waals surface area contributed by atoms with Crippen LogP contribution in [0.5, 0.6) is 11.5 Å². The third-order valence-electron chi connectivity index (χ3n) is 7.49. The summed E-state index contributed by atoms with van der Waals surface area (Å²) >= 11 is 0. The molecule has 1 aromatic carbocycles. The fourth-order valence-corrected chi connectivity index (χ4v) is 6.33. The van der Waals surface area contributed by atoms with Crippen LogP contribution < -0.4 is 5.32 Å². The van der Waals surface area contributed by atoms with Crippen molar-refractivity contribution in [3.8, 4) is 11.5 Å². The number of hydrogen-bond donors (Lipinski definition) is 3. The van der Waals surface area contributed by atoms with Crippen LogP contribution >= 0.6 is 0 Å². The van der Waals surface area contributed by atoms with E-state index in [2.05, 4.69) is 33.0 Å². The highest BCUT2D eigenvalue weighted by atomic mass is 16.3. The third-order valence-corrected chi connectivity index (χ3v) is 7.49. The maximum atomic E-state index is 13.7. The Morgan fingerprint density at radius 2 is 1.68 bits per heavy atom. The first-order valence-electron chi connectivity index (χ1n) is 10.3. The summed E-state index contributed by atoms with van der Waals surface area (Å²) in [5, 5.41) is 22.9. The summed E-state index contributed by atoms with van der Waals surface area (Å²) in [6.45, 7) is 10.4. The molecular weight excluding hydrogens is 354 g/mol. The molecule has 3 rings (SSSR count). The minimum absolute atomic E-state index is 0.0314. The summed E-state index contributed by atoms with van der Waals surface area (Å²) in [4.78, 5) is 25.5. The number of Topliss-reactive ketones (excluding diaryl/α,β-unsaturated/α-hetero) is 1. The van der Waals surface area contributed by atoms with E-state index in [-0.39, 0.29) is 51.9 Å². The molecule has 1 amide bonds. The van der Waals surface area contributed by atoms with Crippen LogP contribution in [0.15, 0.2) is 18.2 Å². The highest BCUT2D eigenvalue weighted by Crippen LogP contribution is 2.61. The van der Waals surface area contributed by atoms with Crippen LogP contribution in [0.4, 0.5) is 0 Å². The predicted molar refractivity (Wildman–Crippen MR) is 108 cm³/mol. The fourth-order valence-electron chi connectivity index (χ4n) is 6.33. The normalized spacial score (nSPS) is 34.3. The summed E-state index contributed by atoms with van der Waals surface area (Å²) in [6.07, 6.45) is 4.04. The van der Waals surface area contributed by atoms with Gasteiger partial charge in [0.1, 0.15) is 11.5 Å². The number of amides is 1. The molecule has 5 atom stereocenters. The second kappa shape index (κ2) is 7.09. The van der Waals surface area contributed by atoms with Crippen molar-refractivity contribution < 1.29 is 19.8 Å². The number of phenolic OH excluding ortho intramolecular Hbond substituents is 2. The van der Waals surface area contributed by atoms with Gasteiger partial charge in [0.15, 0.2) is 5.78 Å². The number of ketones is 1. The Bertz CT molecular complexity index is 767. The molecule has 2 aliphatic rings. The Morgan fingerprint density at radius 3 is 2.25 bits per heavy atom. The first-order chi connectivity index (χ1) is 13.0. The second-order valence-electron chi connectivity index (χ2n) is 9.88. The topological polar surface area (TPSA) is 86.6 Å². The van der Waals surface area contributed by atoms with Gasteiger partial charge in [-0.25, -0.2) is 0 Å². The first-order valence-corrected chi connectivity index (χ1v) is 10.3. The van der Waals surface area contributed by atoms with Crippen molar-refractivity contribution in [3.05, 3.63) is 23.8 Å². The summed E-state index contributed by atoms with van der Waals surface area (Å²) in [6, 6.07) is 4.04. The lowest BCUT2D eigenvalue weighted by Gasteiger charge is -2.60. The van der Waals surface area contributed by atoms with E-state index in [1.54, 1.807) is 0 Å². The summed E-state index contributed by atoms with van der Waals surface area (Å²) < 4.78 is 0. The highest BCUT2D eigenvalue weighted by Gasteiger charge is 2.58. The van der Waals surface area contributed by atoms with Gasteiger partial charge in [0.25, 0.3) is 0 Å². The van der Waals surface area contributed by atoms with Gasteiger partial charge in [-0.2, -0.15) is 0 Å².